The summed E-state index contributed by atoms with van der Waals surface area (Å²) in [6.07, 6.45) is 1.91. The predicted octanol–water partition coefficient (Wildman–Crippen LogP) is -0.262. The van der Waals surface area contributed by atoms with E-state index in [-0.39, 0.29) is 5.91 Å². The average molecular weight is 189 g/mol. The monoisotopic (exact) mass is 189 g/mol. The van der Waals surface area contributed by atoms with Crippen LogP contribution in [0.25, 0.3) is 0 Å². The van der Waals surface area contributed by atoms with Gasteiger partial charge in [-0.2, -0.15) is 0 Å². The maximum absolute atomic E-state index is 11.0. The van der Waals surface area contributed by atoms with E-state index in [2.05, 4.69) is 5.32 Å². The third kappa shape index (κ3) is 5.19. The zero-order valence-electron chi connectivity index (χ0n) is 7.62. The minimum atomic E-state index is -1.22. The van der Waals surface area contributed by atoms with E-state index in [0.29, 0.717) is 6.42 Å². The summed E-state index contributed by atoms with van der Waals surface area (Å²) in [4.78, 5) is 21.4. The highest BCUT2D eigenvalue weighted by Crippen LogP contribution is 1.94. The lowest BCUT2D eigenvalue weighted by Gasteiger charge is -2.10. The Morgan fingerprint density at radius 2 is 2.08 bits per heavy atom. The van der Waals surface area contributed by atoms with Crippen LogP contribution in [0, 0.1) is 0 Å². The lowest BCUT2D eigenvalue weighted by Crippen LogP contribution is -2.43. The van der Waals surface area contributed by atoms with E-state index < -0.39 is 18.6 Å². The van der Waals surface area contributed by atoms with Gasteiger partial charge in [-0.3, -0.25) is 4.79 Å². The number of carbonyl (C=O) groups is 2. The molecule has 0 rings (SSSR count). The summed E-state index contributed by atoms with van der Waals surface area (Å²) in [5, 5.41) is 19.3. The number of unbranched alkanes of at least 4 members (excludes halogenated alkanes) is 1. The van der Waals surface area contributed by atoms with Gasteiger partial charge in [-0.05, 0) is 6.42 Å². The Morgan fingerprint density at radius 3 is 2.46 bits per heavy atom. The highest BCUT2D eigenvalue weighted by Gasteiger charge is 2.17. The van der Waals surface area contributed by atoms with Gasteiger partial charge in [0.05, 0.1) is 6.61 Å². The smallest absolute Gasteiger partial charge is 0.328 e. The van der Waals surface area contributed by atoms with Gasteiger partial charge in [0.1, 0.15) is 6.04 Å². The van der Waals surface area contributed by atoms with Gasteiger partial charge in [-0.25, -0.2) is 4.79 Å². The van der Waals surface area contributed by atoms with Crippen LogP contribution in [0.1, 0.15) is 26.2 Å². The van der Waals surface area contributed by atoms with Crippen LogP contribution >= 0.6 is 0 Å². The quantitative estimate of drug-likeness (QED) is 0.537. The van der Waals surface area contributed by atoms with Crippen molar-refractivity contribution in [1.29, 1.82) is 0 Å². The van der Waals surface area contributed by atoms with Crippen molar-refractivity contribution in [3.8, 4) is 0 Å². The molecule has 0 aromatic heterocycles. The second-order valence-corrected chi connectivity index (χ2v) is 2.74. The first-order valence-corrected chi connectivity index (χ1v) is 4.24. The Labute approximate surface area is 76.8 Å². The summed E-state index contributed by atoms with van der Waals surface area (Å²) in [6, 6.07) is -1.18. The Hall–Kier alpha value is -1.10. The van der Waals surface area contributed by atoms with E-state index in [1.807, 2.05) is 6.92 Å². The van der Waals surface area contributed by atoms with Gasteiger partial charge in [0.15, 0.2) is 0 Å². The van der Waals surface area contributed by atoms with Crippen LogP contribution in [0.2, 0.25) is 0 Å². The number of nitrogens with one attached hydrogen (secondary N) is 1. The summed E-state index contributed by atoms with van der Waals surface area (Å²) in [5.41, 5.74) is 0. The van der Waals surface area contributed by atoms with E-state index in [1.54, 1.807) is 0 Å². The van der Waals surface area contributed by atoms with Gasteiger partial charge < -0.3 is 15.5 Å². The molecule has 0 unspecified atom stereocenters. The zero-order valence-corrected chi connectivity index (χ0v) is 7.62. The van der Waals surface area contributed by atoms with Crippen molar-refractivity contribution in [3.63, 3.8) is 0 Å². The number of carboxylic acids is 1. The molecule has 0 radical (unpaired) electrons. The van der Waals surface area contributed by atoms with Gasteiger partial charge in [-0.15, -0.1) is 0 Å². The van der Waals surface area contributed by atoms with Crippen LogP contribution in [0.5, 0.6) is 0 Å². The zero-order chi connectivity index (χ0) is 10.3. The molecule has 0 bridgehead atoms. The minimum Gasteiger partial charge on any atom is -0.480 e. The minimum absolute atomic E-state index is 0.306. The second-order valence-electron chi connectivity index (χ2n) is 2.74. The number of hydrogen-bond acceptors (Lipinski definition) is 3. The van der Waals surface area contributed by atoms with Gasteiger partial charge in [0, 0.05) is 6.42 Å². The Balaban J connectivity index is 3.80. The third-order valence-corrected chi connectivity index (χ3v) is 1.57. The van der Waals surface area contributed by atoms with Crippen molar-refractivity contribution < 1.29 is 19.8 Å². The average Bonchev–Trinajstić information content (AvgIpc) is 2.10. The molecule has 3 N–H and O–H groups in total. The molecule has 0 aromatic rings. The summed E-state index contributed by atoms with van der Waals surface area (Å²) < 4.78 is 0. The first-order valence-electron chi connectivity index (χ1n) is 4.24. The third-order valence-electron chi connectivity index (χ3n) is 1.57. The van der Waals surface area contributed by atoms with E-state index in [0.717, 1.165) is 12.8 Å². The van der Waals surface area contributed by atoms with Crippen molar-refractivity contribution >= 4 is 11.9 Å². The molecule has 0 fully saturated rings. The van der Waals surface area contributed by atoms with E-state index in [1.165, 1.54) is 0 Å². The molecule has 0 aliphatic heterocycles. The highest BCUT2D eigenvalue weighted by atomic mass is 16.4. The molecule has 0 aromatic carbocycles. The Morgan fingerprint density at radius 1 is 1.46 bits per heavy atom. The largest absolute Gasteiger partial charge is 0.480 e. The number of aliphatic hydroxyl groups is 1. The van der Waals surface area contributed by atoms with Crippen LogP contribution in [0.4, 0.5) is 0 Å². The number of aliphatic hydroxyl groups excluding tert-OH is 1. The number of rotatable bonds is 6. The van der Waals surface area contributed by atoms with E-state index in [4.69, 9.17) is 10.2 Å². The van der Waals surface area contributed by atoms with Gasteiger partial charge >= 0.3 is 5.97 Å². The summed E-state index contributed by atoms with van der Waals surface area (Å²) in [5.74, 6) is -1.55. The molecule has 0 aliphatic carbocycles. The van der Waals surface area contributed by atoms with E-state index >= 15 is 0 Å². The molecule has 0 spiro atoms. The number of carbonyl (C=O) groups excluding carboxylic acids is 1. The topological polar surface area (TPSA) is 86.6 Å². The Bertz CT molecular complexity index is 181. The molecule has 0 saturated heterocycles. The fraction of sp³-hybridized carbons (Fsp3) is 0.750. The first kappa shape index (κ1) is 11.9. The molecule has 5 nitrogen and oxygen atoms in total. The molecule has 0 saturated carbocycles. The number of hydrogen-bond donors (Lipinski definition) is 3. The number of aliphatic carboxylic acids is 1. The SMILES string of the molecule is CCCCC(=O)N[C@H](CO)C(=O)O. The number of amides is 1. The van der Waals surface area contributed by atoms with E-state index in [9.17, 15) is 9.59 Å². The molecule has 1 amide bonds. The van der Waals surface area contributed by atoms with Gasteiger partial charge in [0.2, 0.25) is 5.91 Å². The Kier molecular flexibility index (Phi) is 5.88. The maximum atomic E-state index is 11.0. The van der Waals surface area contributed by atoms with Crippen molar-refractivity contribution in [1.82, 2.24) is 5.32 Å². The molecule has 76 valence electrons. The van der Waals surface area contributed by atoms with Crippen LogP contribution in [-0.4, -0.2) is 34.7 Å². The predicted molar refractivity (Wildman–Crippen MR) is 46.2 cm³/mol. The molecule has 13 heavy (non-hydrogen) atoms. The van der Waals surface area contributed by atoms with Crippen molar-refractivity contribution in [3.05, 3.63) is 0 Å². The van der Waals surface area contributed by atoms with Crippen LogP contribution in [0.3, 0.4) is 0 Å². The molecule has 1 atom stereocenters. The lowest BCUT2D eigenvalue weighted by atomic mass is 10.2. The second kappa shape index (κ2) is 6.42. The normalized spacial score (nSPS) is 12.2. The summed E-state index contributed by atoms with van der Waals surface area (Å²) in [7, 11) is 0. The van der Waals surface area contributed by atoms with Crippen molar-refractivity contribution in [2.75, 3.05) is 6.61 Å². The maximum Gasteiger partial charge on any atom is 0.328 e. The van der Waals surface area contributed by atoms with Crippen LogP contribution in [0.15, 0.2) is 0 Å². The standard InChI is InChI=1S/C8H15NO4/c1-2-3-4-7(11)9-6(5-10)8(12)13/h6,10H,2-5H2,1H3,(H,9,11)(H,12,13)/t6-/m1/s1. The fourth-order valence-corrected chi connectivity index (χ4v) is 0.789. The molecular formula is C8H15NO4. The van der Waals surface area contributed by atoms with Crippen molar-refractivity contribution in [2.24, 2.45) is 0 Å². The molecule has 0 aliphatic rings. The molecule has 5 heteroatoms. The highest BCUT2D eigenvalue weighted by molar-refractivity contribution is 5.83. The molecule has 0 heterocycles. The van der Waals surface area contributed by atoms with Gasteiger partial charge in [0.25, 0.3) is 0 Å². The van der Waals surface area contributed by atoms with Crippen LogP contribution in [-0.2, 0) is 9.59 Å². The first-order chi connectivity index (χ1) is 6.11. The van der Waals surface area contributed by atoms with Crippen molar-refractivity contribution in [2.45, 2.75) is 32.2 Å². The lowest BCUT2D eigenvalue weighted by molar-refractivity contribution is -0.142. The summed E-state index contributed by atoms with van der Waals surface area (Å²) in [6.45, 7) is 1.36. The van der Waals surface area contributed by atoms with Gasteiger partial charge in [-0.1, -0.05) is 13.3 Å². The summed E-state index contributed by atoms with van der Waals surface area (Å²) >= 11 is 0. The molecular weight excluding hydrogens is 174 g/mol. The van der Waals surface area contributed by atoms with Crippen LogP contribution < -0.4 is 5.32 Å². The number of carboxylic acid groups (broad SMARTS) is 1. The fourth-order valence-electron chi connectivity index (χ4n) is 0.789.